The molecule has 2 saturated heterocycles. The van der Waals surface area contributed by atoms with Crippen molar-refractivity contribution in [3.05, 3.63) is 60.2 Å². The Balaban J connectivity index is 1.80. The van der Waals surface area contributed by atoms with Gasteiger partial charge in [0.1, 0.15) is 0 Å². The number of para-hydroxylation sites is 1. The number of anilines is 2. The lowest BCUT2D eigenvalue weighted by atomic mass is 10.1. The second kappa shape index (κ2) is 5.98. The number of benzene rings is 2. The van der Waals surface area contributed by atoms with Crippen LogP contribution >= 0.6 is 0 Å². The molecule has 2 amide bonds. The van der Waals surface area contributed by atoms with E-state index in [4.69, 9.17) is 0 Å². The van der Waals surface area contributed by atoms with Crippen molar-refractivity contribution in [1.82, 2.24) is 0 Å². The van der Waals surface area contributed by atoms with Gasteiger partial charge in [0.2, 0.25) is 0 Å². The Kier molecular flexibility index (Phi) is 3.95. The maximum Gasteiger partial charge on any atom is 0.416 e. The minimum atomic E-state index is -4.56. The van der Waals surface area contributed by atoms with Crippen molar-refractivity contribution in [3.8, 4) is 0 Å². The van der Waals surface area contributed by atoms with E-state index in [9.17, 15) is 26.4 Å². The standard InChI is InChI=1S/C18H15F3N2O3S/c19-18(20,21)12-5-4-8-14(9-12)23-16-11-27(25,26)10-15(16)22(17(23)24)13-6-2-1-3-7-13/h1-9,15-16H,10-11H2/t15-,16-/m1/s1. The summed E-state index contributed by atoms with van der Waals surface area (Å²) >= 11 is 0. The Morgan fingerprint density at radius 1 is 0.852 bits per heavy atom. The molecule has 2 aliphatic rings. The van der Waals surface area contributed by atoms with E-state index in [1.54, 1.807) is 30.3 Å². The zero-order valence-corrected chi connectivity index (χ0v) is 14.7. The molecule has 0 N–H and O–H groups in total. The molecular formula is C18H15F3N2O3S. The van der Waals surface area contributed by atoms with Crippen LogP contribution < -0.4 is 9.80 Å². The summed E-state index contributed by atoms with van der Waals surface area (Å²) in [5.41, 5.74) is -0.326. The van der Waals surface area contributed by atoms with Crippen LogP contribution in [0.5, 0.6) is 0 Å². The highest BCUT2D eigenvalue weighted by molar-refractivity contribution is 7.91. The van der Waals surface area contributed by atoms with Gasteiger partial charge in [0.25, 0.3) is 0 Å². The van der Waals surface area contributed by atoms with E-state index in [2.05, 4.69) is 0 Å². The lowest BCUT2D eigenvalue weighted by molar-refractivity contribution is -0.137. The van der Waals surface area contributed by atoms with E-state index in [1.807, 2.05) is 0 Å². The fraction of sp³-hybridized carbons (Fsp3) is 0.278. The van der Waals surface area contributed by atoms with Crippen LogP contribution in [-0.2, 0) is 16.0 Å². The highest BCUT2D eigenvalue weighted by Crippen LogP contribution is 2.39. The van der Waals surface area contributed by atoms with Gasteiger partial charge in [-0.05, 0) is 30.3 Å². The minimum Gasteiger partial charge on any atom is -0.288 e. The molecule has 5 nitrogen and oxygen atoms in total. The van der Waals surface area contributed by atoms with Gasteiger partial charge in [0.15, 0.2) is 9.84 Å². The summed E-state index contributed by atoms with van der Waals surface area (Å²) < 4.78 is 63.6. The zero-order valence-electron chi connectivity index (χ0n) is 13.9. The normalized spacial score (nSPS) is 24.3. The molecule has 0 bridgehead atoms. The molecular weight excluding hydrogens is 381 g/mol. The highest BCUT2D eigenvalue weighted by Gasteiger charge is 2.54. The molecule has 2 fully saturated rings. The first kappa shape index (κ1) is 17.8. The maximum atomic E-state index is 13.1. The van der Waals surface area contributed by atoms with Crippen molar-refractivity contribution < 1.29 is 26.4 Å². The van der Waals surface area contributed by atoms with Crippen LogP contribution in [0.15, 0.2) is 54.6 Å². The third-order valence-corrected chi connectivity index (χ3v) is 6.55. The average Bonchev–Trinajstić information content (AvgIpc) is 3.03. The summed E-state index contributed by atoms with van der Waals surface area (Å²) in [5.74, 6) is -0.489. The number of hydrogen-bond donors (Lipinski definition) is 0. The molecule has 2 aliphatic heterocycles. The smallest absolute Gasteiger partial charge is 0.288 e. The third-order valence-electron chi connectivity index (χ3n) is 4.86. The van der Waals surface area contributed by atoms with E-state index in [0.29, 0.717) is 5.69 Å². The van der Waals surface area contributed by atoms with Gasteiger partial charge < -0.3 is 0 Å². The van der Waals surface area contributed by atoms with Crippen molar-refractivity contribution in [1.29, 1.82) is 0 Å². The Morgan fingerprint density at radius 2 is 1.41 bits per heavy atom. The number of halogens is 3. The van der Waals surface area contributed by atoms with Crippen LogP contribution in [-0.4, -0.2) is 38.0 Å². The first-order valence-electron chi connectivity index (χ1n) is 8.22. The number of urea groups is 1. The number of sulfone groups is 1. The van der Waals surface area contributed by atoms with Gasteiger partial charge in [0.05, 0.1) is 29.2 Å². The molecule has 2 aromatic rings. The van der Waals surface area contributed by atoms with Gasteiger partial charge in [-0.2, -0.15) is 13.2 Å². The Labute approximate surface area is 153 Å². The summed E-state index contributed by atoms with van der Waals surface area (Å²) in [6.07, 6.45) is -4.56. The largest absolute Gasteiger partial charge is 0.416 e. The van der Waals surface area contributed by atoms with Crippen molar-refractivity contribution in [2.75, 3.05) is 21.3 Å². The number of carbonyl (C=O) groups is 1. The number of alkyl halides is 3. The zero-order chi connectivity index (χ0) is 19.4. The molecule has 0 saturated carbocycles. The van der Waals surface area contributed by atoms with Crippen LogP contribution in [0.1, 0.15) is 5.56 Å². The fourth-order valence-electron chi connectivity index (χ4n) is 3.73. The summed E-state index contributed by atoms with van der Waals surface area (Å²) in [6.45, 7) is 0. The summed E-state index contributed by atoms with van der Waals surface area (Å²) in [6, 6.07) is 11.1. The molecule has 27 heavy (non-hydrogen) atoms. The Hall–Kier alpha value is -2.55. The minimum absolute atomic E-state index is 0.0420. The SMILES string of the molecule is O=C1N(c2ccccc2)[C@@H]2CS(=O)(=O)C[C@H]2N1c1cccc(C(F)(F)F)c1. The highest BCUT2D eigenvalue weighted by atomic mass is 32.2. The first-order chi connectivity index (χ1) is 12.7. The van der Waals surface area contributed by atoms with Gasteiger partial charge in [-0.3, -0.25) is 9.80 Å². The quantitative estimate of drug-likeness (QED) is 0.732. The van der Waals surface area contributed by atoms with E-state index in [-0.39, 0.29) is 17.2 Å². The van der Waals surface area contributed by atoms with E-state index in [1.165, 1.54) is 21.9 Å². The fourth-order valence-corrected chi connectivity index (χ4v) is 5.65. The molecule has 0 aliphatic carbocycles. The molecule has 4 rings (SSSR count). The molecule has 2 heterocycles. The molecule has 2 atom stereocenters. The van der Waals surface area contributed by atoms with E-state index in [0.717, 1.165) is 12.1 Å². The maximum absolute atomic E-state index is 13.1. The number of amides is 2. The summed E-state index contributed by atoms with van der Waals surface area (Å²) in [5, 5.41) is 0. The second-order valence-electron chi connectivity index (χ2n) is 6.62. The molecule has 9 heteroatoms. The van der Waals surface area contributed by atoms with E-state index < -0.39 is 39.7 Å². The molecule has 142 valence electrons. The van der Waals surface area contributed by atoms with Crippen LogP contribution in [0.25, 0.3) is 0 Å². The number of hydrogen-bond acceptors (Lipinski definition) is 3. The Morgan fingerprint density at radius 3 is 2.00 bits per heavy atom. The average molecular weight is 396 g/mol. The van der Waals surface area contributed by atoms with E-state index >= 15 is 0 Å². The van der Waals surface area contributed by atoms with Crippen LogP contribution in [0.3, 0.4) is 0 Å². The van der Waals surface area contributed by atoms with Crippen molar-refractivity contribution in [2.24, 2.45) is 0 Å². The predicted molar refractivity (Wildman–Crippen MR) is 94.5 cm³/mol. The third kappa shape index (κ3) is 3.05. The number of carbonyl (C=O) groups excluding carboxylic acids is 1. The van der Waals surface area contributed by atoms with Crippen molar-refractivity contribution >= 4 is 27.2 Å². The molecule has 2 aromatic carbocycles. The van der Waals surface area contributed by atoms with Crippen LogP contribution in [0.2, 0.25) is 0 Å². The summed E-state index contributed by atoms with van der Waals surface area (Å²) in [7, 11) is -3.41. The number of nitrogens with zero attached hydrogens (tertiary/aromatic N) is 2. The monoisotopic (exact) mass is 396 g/mol. The topological polar surface area (TPSA) is 57.7 Å². The number of rotatable bonds is 2. The van der Waals surface area contributed by atoms with Gasteiger partial charge in [-0.1, -0.05) is 24.3 Å². The predicted octanol–water partition coefficient (Wildman–Crippen LogP) is 3.32. The van der Waals surface area contributed by atoms with Gasteiger partial charge in [0, 0.05) is 11.4 Å². The first-order valence-corrected chi connectivity index (χ1v) is 10.0. The number of fused-ring (bicyclic) bond motifs is 1. The van der Waals surface area contributed by atoms with Crippen molar-refractivity contribution in [3.63, 3.8) is 0 Å². The Bertz CT molecular complexity index is 992. The van der Waals surface area contributed by atoms with Gasteiger partial charge in [-0.15, -0.1) is 0 Å². The second-order valence-corrected chi connectivity index (χ2v) is 8.77. The van der Waals surface area contributed by atoms with Crippen molar-refractivity contribution in [2.45, 2.75) is 18.3 Å². The lowest BCUT2D eigenvalue weighted by Gasteiger charge is -2.23. The van der Waals surface area contributed by atoms with Gasteiger partial charge >= 0.3 is 12.2 Å². The summed E-state index contributed by atoms with van der Waals surface area (Å²) in [4.78, 5) is 15.6. The molecule has 0 radical (unpaired) electrons. The molecule has 0 aromatic heterocycles. The van der Waals surface area contributed by atoms with Crippen LogP contribution in [0.4, 0.5) is 29.3 Å². The van der Waals surface area contributed by atoms with Crippen LogP contribution in [0, 0.1) is 0 Å². The lowest BCUT2D eigenvalue weighted by Crippen LogP contribution is -2.38. The van der Waals surface area contributed by atoms with Gasteiger partial charge in [-0.25, -0.2) is 13.2 Å². The molecule has 0 spiro atoms. The molecule has 0 unspecified atom stereocenters.